The maximum absolute atomic E-state index is 12.5. The number of hydrogen-bond acceptors (Lipinski definition) is 4. The van der Waals surface area contributed by atoms with E-state index in [1.165, 1.54) is 12.2 Å². The third-order valence-electron chi connectivity index (χ3n) is 3.16. The number of Topliss-reactive ketones (excluding diaryl/α,β-unsaturated/α-hetero) is 1. The quantitative estimate of drug-likeness (QED) is 0.396. The van der Waals surface area contributed by atoms with Gasteiger partial charge in [0.2, 0.25) is 11.6 Å². The first-order valence-electron chi connectivity index (χ1n) is 6.44. The Morgan fingerprint density at radius 1 is 1.10 bits per heavy atom. The zero-order valence-corrected chi connectivity index (χ0v) is 11.5. The van der Waals surface area contributed by atoms with Gasteiger partial charge in [-0.3, -0.25) is 14.4 Å². The standard InChI is InChI=1S/C17H14O4/c1-11-9-15(19)16(20)10-14(11)13(7-8-18)17(21)12-5-3-2-4-6-12/h2-7,9-10,18H,8H2,1H3/b13-7+. The van der Waals surface area contributed by atoms with Crippen molar-refractivity contribution < 1.29 is 19.5 Å². The Hall–Kier alpha value is -2.59. The van der Waals surface area contributed by atoms with Crippen LogP contribution >= 0.6 is 0 Å². The molecule has 0 aliphatic heterocycles. The largest absolute Gasteiger partial charge is 0.392 e. The Kier molecular flexibility index (Phi) is 4.40. The van der Waals surface area contributed by atoms with Crippen LogP contribution in [0.25, 0.3) is 0 Å². The van der Waals surface area contributed by atoms with E-state index in [9.17, 15) is 14.4 Å². The predicted molar refractivity (Wildman–Crippen MR) is 77.8 cm³/mol. The molecule has 0 fully saturated rings. The Morgan fingerprint density at radius 2 is 1.71 bits per heavy atom. The lowest BCUT2D eigenvalue weighted by atomic mass is 9.87. The average Bonchev–Trinajstić information content (AvgIpc) is 2.49. The van der Waals surface area contributed by atoms with Crippen LogP contribution < -0.4 is 0 Å². The van der Waals surface area contributed by atoms with Crippen LogP contribution in [0, 0.1) is 0 Å². The molecule has 1 N–H and O–H groups in total. The number of carbonyl (C=O) groups excluding carboxylic acids is 3. The number of aliphatic hydroxyl groups is 1. The van der Waals surface area contributed by atoms with Crippen LogP contribution in [-0.4, -0.2) is 29.1 Å². The van der Waals surface area contributed by atoms with E-state index in [1.54, 1.807) is 37.3 Å². The molecule has 0 saturated heterocycles. The third-order valence-corrected chi connectivity index (χ3v) is 3.16. The number of benzene rings is 1. The molecule has 0 aromatic heterocycles. The van der Waals surface area contributed by atoms with Gasteiger partial charge in [0, 0.05) is 11.1 Å². The maximum Gasteiger partial charge on any atom is 0.226 e. The molecule has 4 heteroatoms. The van der Waals surface area contributed by atoms with Crippen LogP contribution in [0.3, 0.4) is 0 Å². The molecule has 0 bridgehead atoms. The van der Waals surface area contributed by atoms with E-state index in [0.29, 0.717) is 16.7 Å². The van der Waals surface area contributed by atoms with Gasteiger partial charge in [0.15, 0.2) is 5.78 Å². The molecule has 1 aliphatic carbocycles. The van der Waals surface area contributed by atoms with Crippen molar-refractivity contribution in [3.63, 3.8) is 0 Å². The molecule has 1 aliphatic rings. The second kappa shape index (κ2) is 6.24. The highest BCUT2D eigenvalue weighted by molar-refractivity contribution is 6.47. The highest BCUT2D eigenvalue weighted by Crippen LogP contribution is 2.25. The minimum Gasteiger partial charge on any atom is -0.392 e. The SMILES string of the molecule is CC1=CC(=O)C(=O)C=C1/C(=C\CO)C(=O)c1ccccc1. The molecule has 1 aromatic rings. The molecule has 0 saturated carbocycles. The summed E-state index contributed by atoms with van der Waals surface area (Å²) in [5.41, 5.74) is 1.58. The van der Waals surface area contributed by atoms with E-state index in [0.717, 1.165) is 6.08 Å². The average molecular weight is 282 g/mol. The normalized spacial score (nSPS) is 15.6. The number of hydrogen-bond donors (Lipinski definition) is 1. The summed E-state index contributed by atoms with van der Waals surface area (Å²) in [7, 11) is 0. The van der Waals surface area contributed by atoms with Gasteiger partial charge >= 0.3 is 0 Å². The van der Waals surface area contributed by atoms with Gasteiger partial charge in [-0.25, -0.2) is 0 Å². The van der Waals surface area contributed by atoms with Crippen LogP contribution in [-0.2, 0) is 9.59 Å². The second-order valence-electron chi connectivity index (χ2n) is 4.61. The minimum absolute atomic E-state index is 0.221. The van der Waals surface area contributed by atoms with Crippen molar-refractivity contribution in [1.82, 2.24) is 0 Å². The van der Waals surface area contributed by atoms with Crippen LogP contribution in [0.1, 0.15) is 17.3 Å². The molecule has 0 amide bonds. The van der Waals surface area contributed by atoms with E-state index in [2.05, 4.69) is 0 Å². The van der Waals surface area contributed by atoms with E-state index < -0.39 is 11.6 Å². The van der Waals surface area contributed by atoms with Crippen molar-refractivity contribution in [2.75, 3.05) is 6.61 Å². The van der Waals surface area contributed by atoms with Crippen molar-refractivity contribution in [3.05, 3.63) is 70.8 Å². The van der Waals surface area contributed by atoms with E-state index in [1.807, 2.05) is 0 Å². The molecule has 0 atom stereocenters. The molecular formula is C17H14O4. The topological polar surface area (TPSA) is 71.4 Å². The van der Waals surface area contributed by atoms with Crippen LogP contribution in [0.5, 0.6) is 0 Å². The smallest absolute Gasteiger partial charge is 0.226 e. The van der Waals surface area contributed by atoms with Crippen molar-refractivity contribution in [1.29, 1.82) is 0 Å². The Labute approximate surface area is 122 Å². The first-order valence-corrected chi connectivity index (χ1v) is 6.44. The van der Waals surface area contributed by atoms with Crippen molar-refractivity contribution in [2.24, 2.45) is 0 Å². The molecular weight excluding hydrogens is 268 g/mol. The van der Waals surface area contributed by atoms with Gasteiger partial charge in [-0.05, 0) is 36.3 Å². The van der Waals surface area contributed by atoms with Gasteiger partial charge < -0.3 is 5.11 Å². The maximum atomic E-state index is 12.5. The molecule has 21 heavy (non-hydrogen) atoms. The summed E-state index contributed by atoms with van der Waals surface area (Å²) in [6, 6.07) is 8.57. The Bertz CT molecular complexity index is 691. The van der Waals surface area contributed by atoms with Gasteiger partial charge in [-0.2, -0.15) is 0 Å². The number of ketones is 3. The number of carbonyl (C=O) groups is 3. The number of aliphatic hydroxyl groups excluding tert-OH is 1. The highest BCUT2D eigenvalue weighted by Gasteiger charge is 2.23. The summed E-state index contributed by atoms with van der Waals surface area (Å²) in [5.74, 6) is -1.57. The molecule has 0 unspecified atom stereocenters. The van der Waals surface area contributed by atoms with Gasteiger partial charge in [-0.15, -0.1) is 0 Å². The lowest BCUT2D eigenvalue weighted by Crippen LogP contribution is -2.17. The monoisotopic (exact) mass is 282 g/mol. The fourth-order valence-electron chi connectivity index (χ4n) is 2.11. The van der Waals surface area contributed by atoms with Crippen LogP contribution in [0.4, 0.5) is 0 Å². The fourth-order valence-corrected chi connectivity index (χ4v) is 2.11. The zero-order valence-electron chi connectivity index (χ0n) is 11.5. The van der Waals surface area contributed by atoms with Crippen molar-refractivity contribution in [3.8, 4) is 0 Å². The number of rotatable bonds is 4. The van der Waals surface area contributed by atoms with Gasteiger partial charge in [-0.1, -0.05) is 30.3 Å². The van der Waals surface area contributed by atoms with E-state index in [-0.39, 0.29) is 18.0 Å². The van der Waals surface area contributed by atoms with Crippen molar-refractivity contribution >= 4 is 17.3 Å². The molecule has 1 aromatic carbocycles. The molecule has 2 rings (SSSR count). The third kappa shape index (κ3) is 3.12. The second-order valence-corrected chi connectivity index (χ2v) is 4.61. The van der Waals surface area contributed by atoms with Gasteiger partial charge in [0.25, 0.3) is 0 Å². The highest BCUT2D eigenvalue weighted by atomic mass is 16.2. The predicted octanol–water partition coefficient (Wildman–Crippen LogP) is 1.81. The summed E-state index contributed by atoms with van der Waals surface area (Å²) in [5, 5.41) is 9.14. The zero-order chi connectivity index (χ0) is 15.4. The summed E-state index contributed by atoms with van der Waals surface area (Å²) < 4.78 is 0. The van der Waals surface area contributed by atoms with E-state index >= 15 is 0 Å². The van der Waals surface area contributed by atoms with Gasteiger partial charge in [0.05, 0.1) is 6.61 Å². The molecule has 4 nitrogen and oxygen atoms in total. The Morgan fingerprint density at radius 3 is 2.33 bits per heavy atom. The lowest BCUT2D eigenvalue weighted by molar-refractivity contribution is -0.131. The first-order chi connectivity index (χ1) is 10.0. The minimum atomic E-state index is -0.666. The van der Waals surface area contributed by atoms with Crippen LogP contribution in [0.15, 0.2) is 65.3 Å². The molecule has 106 valence electrons. The van der Waals surface area contributed by atoms with Crippen LogP contribution in [0.2, 0.25) is 0 Å². The summed E-state index contributed by atoms with van der Waals surface area (Å²) >= 11 is 0. The first kappa shape index (κ1) is 14.8. The number of allylic oxidation sites excluding steroid dienone is 5. The van der Waals surface area contributed by atoms with E-state index in [4.69, 9.17) is 5.11 Å². The fraction of sp³-hybridized carbons (Fsp3) is 0.118. The van der Waals surface area contributed by atoms with Gasteiger partial charge in [0.1, 0.15) is 0 Å². The summed E-state index contributed by atoms with van der Waals surface area (Å²) in [6.45, 7) is 1.32. The Balaban J connectivity index is 2.46. The molecule has 0 spiro atoms. The summed E-state index contributed by atoms with van der Waals surface area (Å²) in [4.78, 5) is 35.4. The summed E-state index contributed by atoms with van der Waals surface area (Å²) in [6.07, 6.45) is 3.71. The van der Waals surface area contributed by atoms with Crippen molar-refractivity contribution in [2.45, 2.75) is 6.92 Å². The molecule has 0 radical (unpaired) electrons. The lowest BCUT2D eigenvalue weighted by Gasteiger charge is -2.14. The molecule has 0 heterocycles.